The molecule has 0 spiro atoms. The molecule has 1 aliphatic heterocycles. The van der Waals surface area contributed by atoms with Crippen molar-refractivity contribution < 1.29 is 13.4 Å². The number of fused-ring (bicyclic) bond motifs is 1. The first-order valence-electron chi connectivity index (χ1n) is 7.04. The molecule has 1 aromatic carbocycles. The van der Waals surface area contributed by atoms with Crippen LogP contribution < -0.4 is 0 Å². The van der Waals surface area contributed by atoms with Crippen LogP contribution in [-0.4, -0.2) is 27.3 Å². The smallest absolute Gasteiger partial charge is 0.235 e. The lowest BCUT2D eigenvalue weighted by Gasteiger charge is -2.26. The van der Waals surface area contributed by atoms with E-state index in [2.05, 4.69) is 0 Å². The molecule has 0 saturated heterocycles. The minimum Gasteiger partial charge on any atom is -0.337 e. The summed E-state index contributed by atoms with van der Waals surface area (Å²) < 4.78 is 25.2. The van der Waals surface area contributed by atoms with Crippen LogP contribution in [0, 0.1) is 5.82 Å². The third kappa shape index (κ3) is 3.62. The number of hydrogen-bond donors (Lipinski definition) is 0. The number of rotatable bonds is 4. The molecule has 1 amide bonds. The molecule has 0 fully saturated rings. The van der Waals surface area contributed by atoms with Gasteiger partial charge in [-0.1, -0.05) is 12.1 Å². The third-order valence-electron chi connectivity index (χ3n) is 3.66. The van der Waals surface area contributed by atoms with Crippen LogP contribution in [0.4, 0.5) is 4.39 Å². The molecular formula is C16H16FNO2S2. The summed E-state index contributed by atoms with van der Waals surface area (Å²) in [5.41, 5.74) is 1.85. The standard InChI is InChI=1S/C16H16FNO2S2/c17-14-3-1-2-12(8-14)10-22(20)11-16(19)18-6-4-15-13(9-18)5-7-21-15/h1-3,5,7-8H,4,6,9-11H2. The Morgan fingerprint density at radius 1 is 1.36 bits per heavy atom. The number of amides is 1. The molecule has 2 aromatic rings. The number of carbonyl (C=O) groups is 1. The predicted octanol–water partition coefficient (Wildman–Crippen LogP) is 2.72. The third-order valence-corrected chi connectivity index (χ3v) is 5.91. The number of halogens is 1. The van der Waals surface area contributed by atoms with Crippen molar-refractivity contribution in [1.82, 2.24) is 4.90 Å². The number of benzene rings is 1. The molecule has 3 rings (SSSR count). The molecule has 1 atom stereocenters. The van der Waals surface area contributed by atoms with E-state index in [1.54, 1.807) is 28.4 Å². The molecule has 0 bridgehead atoms. The van der Waals surface area contributed by atoms with Crippen LogP contribution in [0.2, 0.25) is 0 Å². The molecule has 116 valence electrons. The molecule has 3 nitrogen and oxygen atoms in total. The molecule has 0 saturated carbocycles. The van der Waals surface area contributed by atoms with Gasteiger partial charge in [0.1, 0.15) is 11.6 Å². The Morgan fingerprint density at radius 2 is 2.23 bits per heavy atom. The first kappa shape index (κ1) is 15.4. The second kappa shape index (κ2) is 6.71. The van der Waals surface area contributed by atoms with Gasteiger partial charge in [-0.2, -0.15) is 0 Å². The van der Waals surface area contributed by atoms with Crippen molar-refractivity contribution in [2.24, 2.45) is 0 Å². The fraction of sp³-hybridized carbons (Fsp3) is 0.312. The van der Waals surface area contributed by atoms with Gasteiger partial charge in [0.2, 0.25) is 5.91 Å². The Kier molecular flexibility index (Phi) is 4.69. The lowest BCUT2D eigenvalue weighted by atomic mass is 10.1. The molecule has 1 aliphatic rings. The van der Waals surface area contributed by atoms with E-state index >= 15 is 0 Å². The second-order valence-electron chi connectivity index (χ2n) is 5.29. The average molecular weight is 337 g/mol. The van der Waals surface area contributed by atoms with Gasteiger partial charge in [-0.3, -0.25) is 9.00 Å². The number of carbonyl (C=O) groups excluding carboxylic acids is 1. The van der Waals surface area contributed by atoms with Gasteiger partial charge < -0.3 is 4.90 Å². The molecule has 2 heterocycles. The Morgan fingerprint density at radius 3 is 3.05 bits per heavy atom. The zero-order valence-corrected chi connectivity index (χ0v) is 13.6. The van der Waals surface area contributed by atoms with Crippen molar-refractivity contribution >= 4 is 28.0 Å². The highest BCUT2D eigenvalue weighted by Gasteiger charge is 2.22. The fourth-order valence-electron chi connectivity index (χ4n) is 2.55. The summed E-state index contributed by atoms with van der Waals surface area (Å²) in [7, 11) is -1.31. The van der Waals surface area contributed by atoms with Crippen molar-refractivity contribution in [2.75, 3.05) is 12.3 Å². The van der Waals surface area contributed by atoms with E-state index in [0.717, 1.165) is 6.42 Å². The average Bonchev–Trinajstić information content (AvgIpc) is 2.94. The maximum absolute atomic E-state index is 13.1. The van der Waals surface area contributed by atoms with Crippen LogP contribution in [0.25, 0.3) is 0 Å². The van der Waals surface area contributed by atoms with E-state index in [9.17, 15) is 13.4 Å². The summed E-state index contributed by atoms with van der Waals surface area (Å²) in [6, 6.07) is 8.07. The van der Waals surface area contributed by atoms with E-state index in [4.69, 9.17) is 0 Å². The second-order valence-corrected chi connectivity index (χ2v) is 7.75. The van der Waals surface area contributed by atoms with Crippen LogP contribution in [0.15, 0.2) is 35.7 Å². The van der Waals surface area contributed by atoms with E-state index in [1.165, 1.54) is 22.6 Å². The van der Waals surface area contributed by atoms with Gasteiger partial charge in [0.15, 0.2) is 0 Å². The molecule has 6 heteroatoms. The quantitative estimate of drug-likeness (QED) is 0.860. The van der Waals surface area contributed by atoms with Gasteiger partial charge in [0.05, 0.1) is 0 Å². The number of nitrogens with zero attached hydrogens (tertiary/aromatic N) is 1. The van der Waals surface area contributed by atoms with E-state index in [0.29, 0.717) is 18.7 Å². The Hall–Kier alpha value is -1.53. The van der Waals surface area contributed by atoms with Crippen LogP contribution in [0.1, 0.15) is 16.0 Å². The lowest BCUT2D eigenvalue weighted by molar-refractivity contribution is -0.129. The van der Waals surface area contributed by atoms with E-state index < -0.39 is 10.8 Å². The van der Waals surface area contributed by atoms with Crippen LogP contribution >= 0.6 is 11.3 Å². The van der Waals surface area contributed by atoms with Gasteiger partial charge in [0.25, 0.3) is 0 Å². The summed E-state index contributed by atoms with van der Waals surface area (Å²) in [6.45, 7) is 1.29. The first-order chi connectivity index (χ1) is 10.6. The molecule has 1 unspecified atom stereocenters. The van der Waals surface area contributed by atoms with Gasteiger partial charge >= 0.3 is 0 Å². The fourth-order valence-corrected chi connectivity index (χ4v) is 4.56. The molecule has 0 N–H and O–H groups in total. The van der Waals surface area contributed by atoms with Gasteiger partial charge in [-0.05, 0) is 41.1 Å². The number of thiophene rings is 1. The molecular weight excluding hydrogens is 321 g/mol. The number of hydrogen-bond acceptors (Lipinski definition) is 3. The molecule has 0 aliphatic carbocycles. The summed E-state index contributed by atoms with van der Waals surface area (Å²) in [5, 5.41) is 2.04. The zero-order valence-electron chi connectivity index (χ0n) is 12.0. The zero-order chi connectivity index (χ0) is 15.5. The maximum atomic E-state index is 13.1. The van der Waals surface area contributed by atoms with Crippen molar-refractivity contribution in [1.29, 1.82) is 0 Å². The minimum absolute atomic E-state index is 0.00398. The lowest BCUT2D eigenvalue weighted by Crippen LogP contribution is -2.38. The normalized spacial score (nSPS) is 15.4. The van der Waals surface area contributed by atoms with Crippen molar-refractivity contribution in [3.8, 4) is 0 Å². The van der Waals surface area contributed by atoms with Crippen molar-refractivity contribution in [3.63, 3.8) is 0 Å². The molecule has 1 aromatic heterocycles. The van der Waals surface area contributed by atoms with Gasteiger partial charge in [-0.15, -0.1) is 11.3 Å². The Bertz CT molecular complexity index is 714. The van der Waals surface area contributed by atoms with Crippen LogP contribution in [-0.2, 0) is 34.3 Å². The van der Waals surface area contributed by atoms with Crippen LogP contribution in [0.3, 0.4) is 0 Å². The van der Waals surface area contributed by atoms with Crippen molar-refractivity contribution in [3.05, 3.63) is 57.5 Å². The largest absolute Gasteiger partial charge is 0.337 e. The van der Waals surface area contributed by atoms with E-state index in [1.807, 2.05) is 11.4 Å². The summed E-state index contributed by atoms with van der Waals surface area (Å²) >= 11 is 1.72. The van der Waals surface area contributed by atoms with Gasteiger partial charge in [0, 0.05) is 34.5 Å². The summed E-state index contributed by atoms with van der Waals surface area (Å²) in [5.74, 6) is -0.231. The van der Waals surface area contributed by atoms with E-state index in [-0.39, 0.29) is 23.2 Å². The predicted molar refractivity (Wildman–Crippen MR) is 86.6 cm³/mol. The van der Waals surface area contributed by atoms with Crippen molar-refractivity contribution in [2.45, 2.75) is 18.7 Å². The first-order valence-corrected chi connectivity index (χ1v) is 9.41. The van der Waals surface area contributed by atoms with Gasteiger partial charge in [-0.25, -0.2) is 4.39 Å². The Balaban J connectivity index is 1.57. The summed E-state index contributed by atoms with van der Waals surface area (Å²) in [4.78, 5) is 15.4. The van der Waals surface area contributed by atoms with Crippen LogP contribution in [0.5, 0.6) is 0 Å². The highest BCUT2D eigenvalue weighted by molar-refractivity contribution is 7.84. The minimum atomic E-state index is -1.31. The summed E-state index contributed by atoms with van der Waals surface area (Å²) in [6.07, 6.45) is 0.870. The SMILES string of the molecule is O=C(CS(=O)Cc1cccc(F)c1)N1CCc2sccc2C1. The Labute approximate surface area is 135 Å². The maximum Gasteiger partial charge on any atom is 0.235 e. The highest BCUT2D eigenvalue weighted by Crippen LogP contribution is 2.24. The highest BCUT2D eigenvalue weighted by atomic mass is 32.2. The topological polar surface area (TPSA) is 37.4 Å². The monoisotopic (exact) mass is 337 g/mol. The molecule has 0 radical (unpaired) electrons. The molecule has 22 heavy (non-hydrogen) atoms.